The first-order chi connectivity index (χ1) is 12.0. The van der Waals surface area contributed by atoms with Crippen LogP contribution in [-0.4, -0.2) is 44.6 Å². The molecule has 0 bridgehead atoms. The van der Waals surface area contributed by atoms with Gasteiger partial charge in [0.25, 0.3) is 5.56 Å². The molecule has 0 saturated heterocycles. The topological polar surface area (TPSA) is 103 Å². The number of hydrogen-bond donors (Lipinski definition) is 2. The normalized spacial score (nSPS) is 11.7. The maximum Gasteiger partial charge on any atom is 0.306 e. The van der Waals surface area contributed by atoms with E-state index >= 15 is 0 Å². The largest absolute Gasteiger partial charge is 0.496 e. The number of nitrogens with one attached hydrogen (secondary N) is 2. The van der Waals surface area contributed by atoms with Crippen LogP contribution in [0.15, 0.2) is 16.9 Å². The van der Waals surface area contributed by atoms with E-state index in [1.54, 1.807) is 19.1 Å². The Morgan fingerprint density at radius 3 is 2.00 bits per heavy atom. The minimum atomic E-state index is -0.613. The molecule has 8 heteroatoms. The van der Waals surface area contributed by atoms with Crippen LogP contribution < -0.4 is 19.8 Å². The third-order valence-corrected chi connectivity index (χ3v) is 4.06. The highest BCUT2D eigenvalue weighted by Crippen LogP contribution is 2.43. The van der Waals surface area contributed by atoms with Crippen LogP contribution in [0.4, 0.5) is 0 Å². The number of ether oxygens (including phenoxy) is 4. The van der Waals surface area contributed by atoms with Crippen LogP contribution >= 0.6 is 0 Å². The molecule has 0 unspecified atom stereocenters. The van der Waals surface area contributed by atoms with Crippen LogP contribution in [0.25, 0.3) is 0 Å². The molecule has 1 aromatic heterocycles. The number of carbonyl (C=O) groups excluding carboxylic acids is 1. The Bertz CT molecular complexity index is 783. The SMILES string of the molecule is COC(=O)C[C@H](c1c(OC)cc(OC)cc1OC)c1c(C)[nH][nH]c1=O. The van der Waals surface area contributed by atoms with Crippen molar-refractivity contribution in [3.63, 3.8) is 0 Å². The summed E-state index contributed by atoms with van der Waals surface area (Å²) in [7, 11) is 5.83. The number of hydrogen-bond acceptors (Lipinski definition) is 6. The first-order valence-corrected chi connectivity index (χ1v) is 7.60. The molecule has 0 aliphatic heterocycles. The van der Waals surface area contributed by atoms with E-state index < -0.39 is 11.9 Å². The fourth-order valence-corrected chi connectivity index (χ4v) is 2.85. The zero-order valence-corrected chi connectivity index (χ0v) is 14.9. The Labute approximate surface area is 145 Å². The van der Waals surface area contributed by atoms with E-state index in [4.69, 9.17) is 18.9 Å². The van der Waals surface area contributed by atoms with Gasteiger partial charge in [-0.1, -0.05) is 0 Å². The Morgan fingerprint density at radius 2 is 1.60 bits per heavy atom. The lowest BCUT2D eigenvalue weighted by molar-refractivity contribution is -0.140. The second-order valence-electron chi connectivity index (χ2n) is 5.40. The number of esters is 1. The fraction of sp³-hybridized carbons (Fsp3) is 0.412. The zero-order chi connectivity index (χ0) is 18.6. The predicted molar refractivity (Wildman–Crippen MR) is 90.7 cm³/mol. The summed E-state index contributed by atoms with van der Waals surface area (Å²) in [5.41, 5.74) is 1.31. The van der Waals surface area contributed by atoms with Crippen molar-refractivity contribution in [1.29, 1.82) is 0 Å². The number of carbonyl (C=O) groups is 1. The summed E-state index contributed by atoms with van der Waals surface area (Å²) in [5.74, 6) is 0.368. The quantitative estimate of drug-likeness (QED) is 0.737. The molecule has 2 N–H and O–H groups in total. The van der Waals surface area contributed by atoms with Crippen molar-refractivity contribution >= 4 is 5.97 Å². The van der Waals surface area contributed by atoms with Crippen LogP contribution in [0, 0.1) is 6.92 Å². The van der Waals surface area contributed by atoms with Crippen molar-refractivity contribution in [3.8, 4) is 17.2 Å². The van der Waals surface area contributed by atoms with E-state index in [0.717, 1.165) is 0 Å². The smallest absolute Gasteiger partial charge is 0.306 e. The highest BCUT2D eigenvalue weighted by molar-refractivity contribution is 5.72. The minimum absolute atomic E-state index is 0.0443. The van der Waals surface area contributed by atoms with Gasteiger partial charge in [-0.2, -0.15) is 0 Å². The van der Waals surface area contributed by atoms with Crippen molar-refractivity contribution in [3.05, 3.63) is 39.3 Å². The third-order valence-electron chi connectivity index (χ3n) is 4.06. The molecule has 0 spiro atoms. The lowest BCUT2D eigenvalue weighted by atomic mass is 9.87. The number of benzene rings is 1. The van der Waals surface area contributed by atoms with Gasteiger partial charge in [0.1, 0.15) is 17.2 Å². The van der Waals surface area contributed by atoms with Crippen LogP contribution in [-0.2, 0) is 9.53 Å². The number of H-pyrrole nitrogens is 2. The molecule has 2 rings (SSSR count). The summed E-state index contributed by atoms with van der Waals surface area (Å²) >= 11 is 0. The standard InChI is InChI=1S/C17H22N2O6/c1-9-15(17(21)19-18-9)11(8-14(20)25-5)16-12(23-3)6-10(22-2)7-13(16)24-4/h6-7,11H,8H2,1-5H3,(H2,18,19,21)/t11-/m0/s1. The Balaban J connectivity index is 2.73. The molecule has 0 radical (unpaired) electrons. The molecule has 0 aliphatic rings. The Hall–Kier alpha value is -2.90. The average molecular weight is 350 g/mol. The summed E-state index contributed by atoms with van der Waals surface area (Å²) < 4.78 is 21.0. The molecule has 25 heavy (non-hydrogen) atoms. The maximum atomic E-state index is 12.3. The van der Waals surface area contributed by atoms with Gasteiger partial charge in [0, 0.05) is 34.9 Å². The molecule has 0 fully saturated rings. The monoisotopic (exact) mass is 350 g/mol. The molecule has 0 amide bonds. The summed E-state index contributed by atoms with van der Waals surface area (Å²) in [6.07, 6.45) is -0.0443. The lowest BCUT2D eigenvalue weighted by Crippen LogP contribution is -2.18. The van der Waals surface area contributed by atoms with Crippen LogP contribution in [0.5, 0.6) is 17.2 Å². The first-order valence-electron chi connectivity index (χ1n) is 7.60. The molecule has 2 aromatic rings. The molecular formula is C17H22N2O6. The molecular weight excluding hydrogens is 328 g/mol. The van der Waals surface area contributed by atoms with E-state index in [-0.39, 0.29) is 12.0 Å². The van der Waals surface area contributed by atoms with E-state index in [1.807, 2.05) is 0 Å². The summed E-state index contributed by atoms with van der Waals surface area (Å²) in [4.78, 5) is 24.3. The Morgan fingerprint density at radius 1 is 1.00 bits per heavy atom. The number of aromatic amines is 2. The van der Waals surface area contributed by atoms with Crippen LogP contribution in [0.2, 0.25) is 0 Å². The highest BCUT2D eigenvalue weighted by Gasteiger charge is 2.30. The van der Waals surface area contributed by atoms with Gasteiger partial charge in [0.05, 0.1) is 34.9 Å². The van der Waals surface area contributed by atoms with Crippen LogP contribution in [0.1, 0.15) is 29.2 Å². The lowest BCUT2D eigenvalue weighted by Gasteiger charge is -2.22. The van der Waals surface area contributed by atoms with Crippen molar-refractivity contribution in [2.45, 2.75) is 19.3 Å². The number of methoxy groups -OCH3 is 4. The average Bonchev–Trinajstić information content (AvgIpc) is 2.96. The van der Waals surface area contributed by atoms with Gasteiger partial charge in [-0.15, -0.1) is 0 Å². The van der Waals surface area contributed by atoms with E-state index in [2.05, 4.69) is 10.2 Å². The molecule has 1 aromatic carbocycles. The minimum Gasteiger partial charge on any atom is -0.496 e. The summed E-state index contributed by atoms with van der Waals surface area (Å²) in [5, 5.41) is 5.32. The Kier molecular flexibility index (Phi) is 5.74. The second-order valence-corrected chi connectivity index (χ2v) is 5.40. The van der Waals surface area contributed by atoms with Gasteiger partial charge in [0.2, 0.25) is 0 Å². The van der Waals surface area contributed by atoms with Gasteiger partial charge in [-0.05, 0) is 6.92 Å². The second kappa shape index (κ2) is 7.78. The molecule has 1 atom stereocenters. The van der Waals surface area contributed by atoms with E-state index in [9.17, 15) is 9.59 Å². The summed E-state index contributed by atoms with van der Waals surface area (Å²) in [6, 6.07) is 3.36. The zero-order valence-electron chi connectivity index (χ0n) is 14.9. The van der Waals surface area contributed by atoms with Gasteiger partial charge >= 0.3 is 5.97 Å². The fourth-order valence-electron chi connectivity index (χ4n) is 2.85. The van der Waals surface area contributed by atoms with Crippen molar-refractivity contribution in [1.82, 2.24) is 10.2 Å². The van der Waals surface area contributed by atoms with E-state index in [1.165, 1.54) is 28.4 Å². The third kappa shape index (κ3) is 3.62. The van der Waals surface area contributed by atoms with Crippen LogP contribution in [0.3, 0.4) is 0 Å². The highest BCUT2D eigenvalue weighted by atomic mass is 16.5. The molecule has 1 heterocycles. The number of aryl methyl sites for hydroxylation is 1. The predicted octanol–water partition coefficient (Wildman–Crippen LogP) is 1.73. The maximum absolute atomic E-state index is 12.3. The molecule has 0 aliphatic carbocycles. The molecule has 0 saturated carbocycles. The van der Waals surface area contributed by atoms with Crippen molar-refractivity contribution in [2.75, 3.05) is 28.4 Å². The molecule has 8 nitrogen and oxygen atoms in total. The van der Waals surface area contributed by atoms with E-state index in [0.29, 0.717) is 34.1 Å². The van der Waals surface area contributed by atoms with Gasteiger partial charge in [-0.3, -0.25) is 14.7 Å². The van der Waals surface area contributed by atoms with Gasteiger partial charge in [-0.25, -0.2) is 0 Å². The number of aromatic nitrogens is 2. The van der Waals surface area contributed by atoms with Gasteiger partial charge in [0.15, 0.2) is 0 Å². The first kappa shape index (κ1) is 18.4. The molecule has 136 valence electrons. The van der Waals surface area contributed by atoms with Gasteiger partial charge < -0.3 is 24.0 Å². The van der Waals surface area contributed by atoms with Crippen molar-refractivity contribution < 1.29 is 23.7 Å². The summed E-state index contributed by atoms with van der Waals surface area (Å²) in [6.45, 7) is 1.75. The number of rotatable bonds is 7. The van der Waals surface area contributed by atoms with Crippen molar-refractivity contribution in [2.24, 2.45) is 0 Å².